The van der Waals surface area contributed by atoms with Crippen LogP contribution in [0.5, 0.6) is 5.75 Å². The molecule has 8 heteroatoms. The Kier molecular flexibility index (Phi) is 10.4. The molecule has 1 aliphatic carbocycles. The highest BCUT2D eigenvalue weighted by Gasteiger charge is 2.37. The molecule has 1 aliphatic rings. The molecule has 2 aromatic carbocycles. The third-order valence-electron chi connectivity index (χ3n) is 6.67. The molecule has 1 atom stereocenters. The molecule has 196 valence electrons. The standard InChI is InChI=1S/C28H36Cl3N3O2/c1-3-33(4-2)16-17-34(24-10-12-25(35)13-11-24)21-23-14-15-27(19-23,18-22-8-6-5-7-9-22)32-26(36)20-28(29,30)31/h5-13,19,35H,3-4,14-18,20-21H2,1-2H3,(H,32,36). The molecule has 1 amide bonds. The summed E-state index contributed by atoms with van der Waals surface area (Å²) in [5.41, 5.74) is 2.92. The summed E-state index contributed by atoms with van der Waals surface area (Å²) in [5, 5.41) is 13.0. The van der Waals surface area contributed by atoms with E-state index in [1.54, 1.807) is 12.1 Å². The lowest BCUT2D eigenvalue weighted by Gasteiger charge is -2.30. The van der Waals surface area contributed by atoms with Gasteiger partial charge >= 0.3 is 0 Å². The van der Waals surface area contributed by atoms with Crippen molar-refractivity contribution in [2.75, 3.05) is 37.6 Å². The minimum Gasteiger partial charge on any atom is -0.508 e. The van der Waals surface area contributed by atoms with Crippen LogP contribution >= 0.6 is 34.8 Å². The number of anilines is 1. The maximum absolute atomic E-state index is 12.8. The van der Waals surface area contributed by atoms with Gasteiger partial charge in [-0.05, 0) is 62.2 Å². The topological polar surface area (TPSA) is 55.8 Å². The van der Waals surface area contributed by atoms with E-state index >= 15 is 0 Å². The Morgan fingerprint density at radius 2 is 1.69 bits per heavy atom. The number of amides is 1. The quantitative estimate of drug-likeness (QED) is 0.246. The summed E-state index contributed by atoms with van der Waals surface area (Å²) in [6.07, 6.45) is 4.33. The summed E-state index contributed by atoms with van der Waals surface area (Å²) in [6, 6.07) is 17.5. The number of nitrogens with one attached hydrogen (secondary N) is 1. The molecule has 0 saturated heterocycles. The summed E-state index contributed by atoms with van der Waals surface area (Å²) in [4.78, 5) is 17.5. The van der Waals surface area contributed by atoms with Gasteiger partial charge in [-0.3, -0.25) is 4.79 Å². The number of likely N-dealkylation sites (N-methyl/N-ethyl adjacent to an activating group) is 1. The van der Waals surface area contributed by atoms with E-state index in [4.69, 9.17) is 34.8 Å². The first-order chi connectivity index (χ1) is 17.1. The normalized spacial score (nSPS) is 17.8. The van der Waals surface area contributed by atoms with Gasteiger partial charge in [-0.15, -0.1) is 0 Å². The SMILES string of the molecule is CCN(CC)CCN(CC1=CC(Cc2ccccc2)(NC(=O)CC(Cl)(Cl)Cl)CC1)c1ccc(O)cc1. The lowest BCUT2D eigenvalue weighted by atomic mass is 9.90. The highest BCUT2D eigenvalue weighted by atomic mass is 35.6. The molecule has 0 bridgehead atoms. The van der Waals surface area contributed by atoms with Gasteiger partial charge in [0.15, 0.2) is 3.79 Å². The van der Waals surface area contributed by atoms with Crippen LogP contribution < -0.4 is 10.2 Å². The Balaban J connectivity index is 1.84. The van der Waals surface area contributed by atoms with Gasteiger partial charge in [-0.1, -0.05) is 90.6 Å². The van der Waals surface area contributed by atoms with Crippen LogP contribution in [-0.2, 0) is 11.2 Å². The molecule has 0 radical (unpaired) electrons. The maximum Gasteiger partial charge on any atom is 0.224 e. The van der Waals surface area contributed by atoms with Crippen LogP contribution in [0, 0.1) is 0 Å². The summed E-state index contributed by atoms with van der Waals surface area (Å²) in [6.45, 7) is 8.88. The van der Waals surface area contributed by atoms with Gasteiger partial charge in [0.25, 0.3) is 0 Å². The largest absolute Gasteiger partial charge is 0.508 e. The van der Waals surface area contributed by atoms with Crippen LogP contribution in [0.25, 0.3) is 0 Å². The number of rotatable bonds is 12. The molecular weight excluding hydrogens is 517 g/mol. The van der Waals surface area contributed by atoms with E-state index in [2.05, 4.69) is 47.2 Å². The van der Waals surface area contributed by atoms with Crippen LogP contribution in [0.4, 0.5) is 5.69 Å². The summed E-state index contributed by atoms with van der Waals surface area (Å²) in [5.74, 6) is -0.0265. The zero-order valence-electron chi connectivity index (χ0n) is 21.0. The van der Waals surface area contributed by atoms with Crippen LogP contribution in [0.3, 0.4) is 0 Å². The molecule has 5 nitrogen and oxygen atoms in total. The van der Waals surface area contributed by atoms with Gasteiger partial charge < -0.3 is 20.2 Å². The average Bonchev–Trinajstić information content (AvgIpc) is 3.20. The van der Waals surface area contributed by atoms with E-state index in [0.29, 0.717) is 6.42 Å². The zero-order chi connectivity index (χ0) is 26.2. The number of hydrogen-bond donors (Lipinski definition) is 2. The van der Waals surface area contributed by atoms with Crippen LogP contribution in [0.2, 0.25) is 0 Å². The number of alkyl halides is 3. The molecule has 36 heavy (non-hydrogen) atoms. The van der Waals surface area contributed by atoms with Gasteiger partial charge in [0, 0.05) is 25.3 Å². The van der Waals surface area contributed by atoms with Crippen molar-refractivity contribution in [3.05, 3.63) is 71.8 Å². The maximum atomic E-state index is 12.8. The molecular formula is C28H36Cl3N3O2. The van der Waals surface area contributed by atoms with Gasteiger partial charge in [0.1, 0.15) is 5.75 Å². The van der Waals surface area contributed by atoms with E-state index in [9.17, 15) is 9.90 Å². The van der Waals surface area contributed by atoms with E-state index < -0.39 is 9.33 Å². The molecule has 0 aliphatic heterocycles. The number of nitrogens with zero attached hydrogens (tertiary/aromatic N) is 2. The van der Waals surface area contributed by atoms with Crippen LogP contribution in [0.15, 0.2) is 66.2 Å². The summed E-state index contributed by atoms with van der Waals surface area (Å²) in [7, 11) is 0. The Morgan fingerprint density at radius 1 is 1.03 bits per heavy atom. The molecule has 2 N–H and O–H groups in total. The molecule has 0 saturated carbocycles. The van der Waals surface area contributed by atoms with Crippen molar-refractivity contribution in [1.29, 1.82) is 0 Å². The second-order valence-corrected chi connectivity index (χ2v) is 11.9. The number of benzene rings is 2. The smallest absolute Gasteiger partial charge is 0.224 e. The highest BCUT2D eigenvalue weighted by molar-refractivity contribution is 6.68. The van der Waals surface area contributed by atoms with Crippen molar-refractivity contribution in [3.8, 4) is 5.75 Å². The van der Waals surface area contributed by atoms with E-state index in [1.165, 1.54) is 5.57 Å². The van der Waals surface area contributed by atoms with Crippen molar-refractivity contribution < 1.29 is 9.90 Å². The number of hydrogen-bond acceptors (Lipinski definition) is 4. The number of phenols is 1. The fourth-order valence-corrected chi connectivity index (χ4v) is 5.16. The third kappa shape index (κ3) is 8.88. The molecule has 1 unspecified atom stereocenters. The predicted octanol–water partition coefficient (Wildman–Crippen LogP) is 6.12. The fraction of sp³-hybridized carbons (Fsp3) is 0.464. The van der Waals surface area contributed by atoms with Gasteiger partial charge in [0.2, 0.25) is 5.91 Å². The van der Waals surface area contributed by atoms with Gasteiger partial charge in [0.05, 0.1) is 12.0 Å². The average molecular weight is 553 g/mol. The first-order valence-electron chi connectivity index (χ1n) is 12.5. The predicted molar refractivity (Wildman–Crippen MR) is 151 cm³/mol. The Bertz CT molecular complexity index is 1000. The Morgan fingerprint density at radius 3 is 2.31 bits per heavy atom. The number of halogens is 3. The van der Waals surface area contributed by atoms with Crippen LogP contribution in [-0.4, -0.2) is 58.0 Å². The van der Waals surface area contributed by atoms with E-state index in [1.807, 2.05) is 30.3 Å². The second-order valence-electron chi connectivity index (χ2n) is 9.43. The molecule has 2 aromatic rings. The number of phenolic OH excluding ortho intramolecular Hbond substituents is 1. The number of carbonyl (C=O) groups excluding carboxylic acids is 1. The molecule has 3 rings (SSSR count). The van der Waals surface area contributed by atoms with Gasteiger partial charge in [-0.2, -0.15) is 0 Å². The van der Waals surface area contributed by atoms with Crippen molar-refractivity contribution in [3.63, 3.8) is 0 Å². The van der Waals surface area contributed by atoms with Gasteiger partial charge in [-0.25, -0.2) is 0 Å². The Labute approximate surface area is 230 Å². The molecule has 0 aromatic heterocycles. The van der Waals surface area contributed by atoms with E-state index in [-0.39, 0.29) is 18.1 Å². The second kappa shape index (κ2) is 13.0. The Hall–Kier alpha value is -1.92. The lowest BCUT2D eigenvalue weighted by Crippen LogP contribution is -2.48. The summed E-state index contributed by atoms with van der Waals surface area (Å²) >= 11 is 17.7. The van der Waals surface area contributed by atoms with Crippen molar-refractivity contribution in [2.45, 2.75) is 48.9 Å². The van der Waals surface area contributed by atoms with Crippen molar-refractivity contribution in [1.82, 2.24) is 10.2 Å². The highest BCUT2D eigenvalue weighted by Crippen LogP contribution is 2.35. The fourth-order valence-electron chi connectivity index (χ4n) is 4.80. The lowest BCUT2D eigenvalue weighted by molar-refractivity contribution is -0.122. The number of aromatic hydroxyl groups is 1. The molecule has 0 heterocycles. The monoisotopic (exact) mass is 551 g/mol. The number of carbonyl (C=O) groups is 1. The van der Waals surface area contributed by atoms with Crippen molar-refractivity contribution in [2.24, 2.45) is 0 Å². The summed E-state index contributed by atoms with van der Waals surface area (Å²) < 4.78 is -1.64. The minimum absolute atomic E-state index is 0.194. The zero-order valence-corrected chi connectivity index (χ0v) is 23.3. The molecule has 0 fully saturated rings. The first-order valence-corrected chi connectivity index (χ1v) is 13.6. The van der Waals surface area contributed by atoms with E-state index in [0.717, 1.165) is 56.8 Å². The van der Waals surface area contributed by atoms with Crippen LogP contribution in [0.1, 0.15) is 38.7 Å². The third-order valence-corrected chi connectivity index (χ3v) is 7.07. The molecule has 0 spiro atoms. The first kappa shape index (κ1) is 28.6. The minimum atomic E-state index is -1.64. The van der Waals surface area contributed by atoms with Crippen molar-refractivity contribution >= 4 is 46.4 Å².